The van der Waals surface area contributed by atoms with Gasteiger partial charge in [0, 0.05) is 22.5 Å². The molecule has 4 heteroatoms. The summed E-state index contributed by atoms with van der Waals surface area (Å²) in [5, 5.41) is 2.46. The number of hydrogen-bond acceptors (Lipinski definition) is 3. The predicted octanol–water partition coefficient (Wildman–Crippen LogP) is 5.30. The van der Waals surface area contributed by atoms with Gasteiger partial charge in [0.05, 0.1) is 16.1 Å². The summed E-state index contributed by atoms with van der Waals surface area (Å²) in [7, 11) is 0. The van der Waals surface area contributed by atoms with Gasteiger partial charge in [0.2, 0.25) is 5.95 Å². The predicted molar refractivity (Wildman–Crippen MR) is 99.7 cm³/mol. The van der Waals surface area contributed by atoms with Crippen LogP contribution in [0.3, 0.4) is 0 Å². The Kier molecular flexibility index (Phi) is 2.96. The highest BCUT2D eigenvalue weighted by Crippen LogP contribution is 2.37. The third-order valence-electron chi connectivity index (χ3n) is 4.14. The molecule has 5 aromatic rings. The quantitative estimate of drug-likeness (QED) is 0.440. The molecule has 0 bridgehead atoms. The summed E-state index contributed by atoms with van der Waals surface area (Å²) in [6, 6.07) is 23.1. The second kappa shape index (κ2) is 5.28. The zero-order valence-electron chi connectivity index (χ0n) is 12.8. The molecule has 0 aliphatic heterocycles. The molecule has 0 saturated carbocycles. The van der Waals surface area contributed by atoms with Gasteiger partial charge in [-0.15, -0.1) is 11.3 Å². The lowest BCUT2D eigenvalue weighted by Crippen LogP contribution is -2.01. The van der Waals surface area contributed by atoms with Crippen LogP contribution in [0.1, 0.15) is 0 Å². The number of nitrogens with zero attached hydrogens (tertiary/aromatic N) is 3. The maximum atomic E-state index is 4.47. The maximum absolute atomic E-state index is 4.47. The standard InChI is InChI=1S/C20H13N3S/c1-3-8-16-14(6-1)12-17(23(16)20-21-10-5-11-22-20)19-13-15-7-2-4-9-18(15)24-19/h1-13H. The van der Waals surface area contributed by atoms with Gasteiger partial charge in [-0.05, 0) is 35.7 Å². The second-order valence-corrected chi connectivity index (χ2v) is 6.70. The zero-order valence-corrected chi connectivity index (χ0v) is 13.6. The van der Waals surface area contributed by atoms with Crippen LogP contribution in [0.25, 0.3) is 37.5 Å². The molecule has 0 aliphatic rings. The molecular formula is C20H13N3S. The summed E-state index contributed by atoms with van der Waals surface area (Å²) in [4.78, 5) is 10.2. The van der Waals surface area contributed by atoms with Crippen molar-refractivity contribution in [3.63, 3.8) is 0 Å². The summed E-state index contributed by atoms with van der Waals surface area (Å²) >= 11 is 1.80. The van der Waals surface area contributed by atoms with E-state index in [0.717, 1.165) is 11.2 Å². The molecule has 0 N–H and O–H groups in total. The molecule has 3 heterocycles. The molecule has 0 radical (unpaired) electrons. The van der Waals surface area contributed by atoms with Crippen molar-refractivity contribution >= 4 is 32.3 Å². The topological polar surface area (TPSA) is 30.7 Å². The molecule has 114 valence electrons. The molecule has 2 aromatic carbocycles. The minimum Gasteiger partial charge on any atom is -0.277 e. The second-order valence-electron chi connectivity index (χ2n) is 5.62. The number of thiophene rings is 1. The lowest BCUT2D eigenvalue weighted by Gasteiger charge is -2.07. The van der Waals surface area contributed by atoms with Crippen molar-refractivity contribution in [1.82, 2.24) is 14.5 Å². The Hall–Kier alpha value is -2.98. The molecule has 24 heavy (non-hydrogen) atoms. The normalized spacial score (nSPS) is 11.3. The molecule has 0 unspecified atom stereocenters. The maximum Gasteiger partial charge on any atom is 0.234 e. The first kappa shape index (κ1) is 13.5. The van der Waals surface area contributed by atoms with Crippen molar-refractivity contribution in [3.05, 3.63) is 79.1 Å². The lowest BCUT2D eigenvalue weighted by molar-refractivity contribution is 0.969. The van der Waals surface area contributed by atoms with Crippen LogP contribution in [0.15, 0.2) is 79.1 Å². The third-order valence-corrected chi connectivity index (χ3v) is 5.28. The molecular weight excluding hydrogens is 314 g/mol. The van der Waals surface area contributed by atoms with E-state index in [9.17, 15) is 0 Å². The van der Waals surface area contributed by atoms with Crippen molar-refractivity contribution < 1.29 is 0 Å². The number of fused-ring (bicyclic) bond motifs is 2. The Labute approximate surface area is 142 Å². The van der Waals surface area contributed by atoms with Crippen LogP contribution in [-0.4, -0.2) is 14.5 Å². The molecule has 0 spiro atoms. The van der Waals surface area contributed by atoms with Gasteiger partial charge < -0.3 is 0 Å². The van der Waals surface area contributed by atoms with Crippen LogP contribution in [0, 0.1) is 0 Å². The minimum atomic E-state index is 0.700. The van der Waals surface area contributed by atoms with E-state index in [-0.39, 0.29) is 0 Å². The van der Waals surface area contributed by atoms with Crippen molar-refractivity contribution in [3.8, 4) is 16.5 Å². The number of para-hydroxylation sites is 1. The van der Waals surface area contributed by atoms with Gasteiger partial charge in [0.15, 0.2) is 0 Å². The Balaban J connectivity index is 1.85. The minimum absolute atomic E-state index is 0.700. The highest BCUT2D eigenvalue weighted by atomic mass is 32.1. The van der Waals surface area contributed by atoms with Gasteiger partial charge in [0.25, 0.3) is 0 Å². The molecule has 0 saturated heterocycles. The van der Waals surface area contributed by atoms with Crippen LogP contribution in [0.4, 0.5) is 0 Å². The van der Waals surface area contributed by atoms with E-state index >= 15 is 0 Å². The van der Waals surface area contributed by atoms with Crippen molar-refractivity contribution in [1.29, 1.82) is 0 Å². The Bertz CT molecular complexity index is 1120. The van der Waals surface area contributed by atoms with Crippen molar-refractivity contribution in [2.24, 2.45) is 0 Å². The van der Waals surface area contributed by atoms with Crippen LogP contribution < -0.4 is 0 Å². The summed E-state index contributed by atoms with van der Waals surface area (Å²) in [5.41, 5.74) is 2.25. The fourth-order valence-electron chi connectivity index (χ4n) is 3.07. The Morgan fingerprint density at radius 3 is 2.33 bits per heavy atom. The van der Waals surface area contributed by atoms with Crippen molar-refractivity contribution in [2.45, 2.75) is 0 Å². The zero-order chi connectivity index (χ0) is 15.9. The number of rotatable bonds is 2. The molecule has 0 atom stereocenters. The van der Waals surface area contributed by atoms with E-state index in [1.54, 1.807) is 23.7 Å². The van der Waals surface area contributed by atoms with Crippen LogP contribution >= 0.6 is 11.3 Å². The van der Waals surface area contributed by atoms with E-state index in [2.05, 4.69) is 75.2 Å². The van der Waals surface area contributed by atoms with Gasteiger partial charge in [0.1, 0.15) is 0 Å². The monoisotopic (exact) mass is 327 g/mol. The summed E-state index contributed by atoms with van der Waals surface area (Å²) in [6.45, 7) is 0. The first-order valence-corrected chi connectivity index (χ1v) is 8.59. The largest absolute Gasteiger partial charge is 0.277 e. The fraction of sp³-hybridized carbons (Fsp3) is 0. The SMILES string of the molecule is c1cnc(-n2c(-c3cc4ccccc4s3)cc3ccccc32)nc1. The van der Waals surface area contributed by atoms with E-state index < -0.39 is 0 Å². The average molecular weight is 327 g/mol. The molecule has 5 rings (SSSR count). The highest BCUT2D eigenvalue weighted by molar-refractivity contribution is 7.22. The number of aromatic nitrogens is 3. The molecule has 3 aromatic heterocycles. The van der Waals surface area contributed by atoms with Gasteiger partial charge in [-0.25, -0.2) is 9.97 Å². The van der Waals surface area contributed by atoms with E-state index in [4.69, 9.17) is 0 Å². The van der Waals surface area contributed by atoms with E-state index in [0.29, 0.717) is 5.95 Å². The highest BCUT2D eigenvalue weighted by Gasteiger charge is 2.15. The first-order valence-electron chi connectivity index (χ1n) is 7.77. The number of benzene rings is 2. The molecule has 3 nitrogen and oxygen atoms in total. The third kappa shape index (κ3) is 2.04. The van der Waals surface area contributed by atoms with E-state index in [1.807, 2.05) is 6.07 Å². The molecule has 0 aliphatic carbocycles. The summed E-state index contributed by atoms with van der Waals surface area (Å²) < 4.78 is 3.43. The summed E-state index contributed by atoms with van der Waals surface area (Å²) in [5.74, 6) is 0.700. The van der Waals surface area contributed by atoms with Crippen LogP contribution in [0.5, 0.6) is 0 Å². The van der Waals surface area contributed by atoms with Crippen LogP contribution in [-0.2, 0) is 0 Å². The summed E-state index contributed by atoms with van der Waals surface area (Å²) in [6.07, 6.45) is 3.57. The Morgan fingerprint density at radius 2 is 1.50 bits per heavy atom. The van der Waals surface area contributed by atoms with Gasteiger partial charge in [-0.3, -0.25) is 4.57 Å². The first-order chi connectivity index (χ1) is 11.9. The molecule has 0 amide bonds. The van der Waals surface area contributed by atoms with E-state index in [1.165, 1.54) is 20.3 Å². The molecule has 0 fully saturated rings. The van der Waals surface area contributed by atoms with Gasteiger partial charge in [-0.1, -0.05) is 36.4 Å². The van der Waals surface area contributed by atoms with Gasteiger partial charge >= 0.3 is 0 Å². The average Bonchev–Trinajstić information content (AvgIpc) is 3.23. The lowest BCUT2D eigenvalue weighted by atomic mass is 10.2. The smallest absolute Gasteiger partial charge is 0.234 e. The van der Waals surface area contributed by atoms with Gasteiger partial charge in [-0.2, -0.15) is 0 Å². The van der Waals surface area contributed by atoms with Crippen molar-refractivity contribution in [2.75, 3.05) is 0 Å². The Morgan fingerprint density at radius 1 is 0.750 bits per heavy atom. The fourth-order valence-corrected chi connectivity index (χ4v) is 4.14. The number of hydrogen-bond donors (Lipinski definition) is 0. The van der Waals surface area contributed by atoms with Crippen LogP contribution in [0.2, 0.25) is 0 Å².